The summed E-state index contributed by atoms with van der Waals surface area (Å²) in [7, 11) is 0. The predicted molar refractivity (Wildman–Crippen MR) is 47.9 cm³/mol. The molecule has 0 fully saturated rings. The lowest BCUT2D eigenvalue weighted by atomic mass is 10.1. The van der Waals surface area contributed by atoms with Crippen LogP contribution in [0.4, 0.5) is 0 Å². The van der Waals surface area contributed by atoms with Crippen LogP contribution in [0.25, 0.3) is 0 Å². The lowest BCUT2D eigenvalue weighted by Gasteiger charge is -1.96. The summed E-state index contributed by atoms with van der Waals surface area (Å²) in [6.45, 7) is 5.18. The second-order valence-corrected chi connectivity index (χ2v) is 3.20. The minimum Gasteiger partial charge on any atom is -0.330 e. The minimum atomic E-state index is 0.773. The Labute approximate surface area is 63.4 Å². The average molecular weight is 149 g/mol. The molecule has 0 aliphatic heterocycles. The molecular formula is C7H19NS. The van der Waals surface area contributed by atoms with Crippen LogP contribution in [0.5, 0.6) is 0 Å². The number of hydrogen-bond acceptors (Lipinski definition) is 2. The predicted octanol–water partition coefficient (Wildman–Crippen LogP) is 1.97. The van der Waals surface area contributed by atoms with Crippen LogP contribution >= 0.6 is 11.8 Å². The summed E-state index contributed by atoms with van der Waals surface area (Å²) in [4.78, 5) is 0. The Morgan fingerprint density at radius 2 is 1.67 bits per heavy atom. The summed E-state index contributed by atoms with van der Waals surface area (Å²) in [5.41, 5.74) is 5.23. The van der Waals surface area contributed by atoms with Crippen molar-refractivity contribution in [1.29, 1.82) is 0 Å². The van der Waals surface area contributed by atoms with Gasteiger partial charge in [0.05, 0.1) is 0 Å². The molecule has 0 rings (SSSR count). The van der Waals surface area contributed by atoms with Crippen LogP contribution in [0.15, 0.2) is 0 Å². The molecule has 0 aliphatic carbocycles. The lowest BCUT2D eigenvalue weighted by Crippen LogP contribution is -2.01. The van der Waals surface area contributed by atoms with Crippen LogP contribution in [-0.2, 0) is 0 Å². The van der Waals surface area contributed by atoms with E-state index in [9.17, 15) is 0 Å². The van der Waals surface area contributed by atoms with Gasteiger partial charge < -0.3 is 5.73 Å². The molecular weight excluding hydrogens is 130 g/mol. The minimum absolute atomic E-state index is 0.773. The lowest BCUT2D eigenvalue weighted by molar-refractivity contribution is 0.596. The Bertz CT molecular complexity index is 37.9. The van der Waals surface area contributed by atoms with E-state index in [0.29, 0.717) is 0 Å². The molecule has 0 saturated carbocycles. The van der Waals surface area contributed by atoms with Crippen molar-refractivity contribution < 1.29 is 0 Å². The van der Waals surface area contributed by atoms with Crippen molar-refractivity contribution >= 4 is 11.8 Å². The summed E-state index contributed by atoms with van der Waals surface area (Å²) in [5.74, 6) is 0.773. The van der Waals surface area contributed by atoms with Gasteiger partial charge in [-0.3, -0.25) is 0 Å². The summed E-state index contributed by atoms with van der Waals surface area (Å²) >= 11 is 1.75. The zero-order valence-electron chi connectivity index (χ0n) is 6.98. The number of hydrogen-bond donors (Lipinski definition) is 1. The molecule has 58 valence electrons. The monoisotopic (exact) mass is 149 g/mol. The molecule has 0 bridgehead atoms. The summed E-state index contributed by atoms with van der Waals surface area (Å²) < 4.78 is 0. The van der Waals surface area contributed by atoms with Crippen LogP contribution in [0.1, 0.15) is 20.3 Å². The van der Waals surface area contributed by atoms with Gasteiger partial charge in [-0.15, -0.1) is 0 Å². The fourth-order valence-electron chi connectivity index (χ4n) is 0.333. The fraction of sp³-hybridized carbons (Fsp3) is 1.00. The molecule has 0 atom stereocenters. The number of nitrogens with two attached hydrogens (primary N) is 1. The highest BCUT2D eigenvalue weighted by molar-refractivity contribution is 7.97. The maximum absolute atomic E-state index is 5.23. The van der Waals surface area contributed by atoms with E-state index in [1.165, 1.54) is 0 Å². The third kappa shape index (κ3) is 30.2. The first-order valence-electron chi connectivity index (χ1n) is 3.29. The van der Waals surface area contributed by atoms with Crippen molar-refractivity contribution in [3.63, 3.8) is 0 Å². The molecule has 0 aromatic carbocycles. The Morgan fingerprint density at radius 1 is 1.33 bits per heavy atom. The molecule has 0 saturated heterocycles. The van der Waals surface area contributed by atoms with E-state index in [2.05, 4.69) is 13.8 Å². The second-order valence-electron chi connectivity index (χ2n) is 2.38. The summed E-state index contributed by atoms with van der Waals surface area (Å²) in [6.07, 6.45) is 5.24. The second kappa shape index (κ2) is 11.2. The molecule has 0 aromatic heterocycles. The molecule has 1 nitrogen and oxygen atoms in total. The SMILES string of the molecule is CC(C)CCN.CSC. The summed E-state index contributed by atoms with van der Waals surface area (Å²) in [5, 5.41) is 0. The molecule has 9 heavy (non-hydrogen) atoms. The molecule has 0 amide bonds. The van der Waals surface area contributed by atoms with Gasteiger partial charge in [-0.2, -0.15) is 11.8 Å². The molecule has 0 aliphatic rings. The normalized spacial score (nSPS) is 8.67. The van der Waals surface area contributed by atoms with Crippen molar-refractivity contribution in [3.8, 4) is 0 Å². The summed E-state index contributed by atoms with van der Waals surface area (Å²) in [6, 6.07) is 0. The Kier molecular flexibility index (Phi) is 14.9. The van der Waals surface area contributed by atoms with Gasteiger partial charge >= 0.3 is 0 Å². The van der Waals surface area contributed by atoms with Crippen LogP contribution in [0, 0.1) is 5.92 Å². The van der Waals surface area contributed by atoms with Gasteiger partial charge in [-0.1, -0.05) is 13.8 Å². The van der Waals surface area contributed by atoms with Crippen molar-refractivity contribution in [1.82, 2.24) is 0 Å². The van der Waals surface area contributed by atoms with Gasteiger partial charge in [0.2, 0.25) is 0 Å². The van der Waals surface area contributed by atoms with E-state index < -0.39 is 0 Å². The highest BCUT2D eigenvalue weighted by Gasteiger charge is 1.85. The topological polar surface area (TPSA) is 26.0 Å². The first kappa shape index (κ1) is 12.0. The zero-order valence-corrected chi connectivity index (χ0v) is 7.79. The third-order valence-corrected chi connectivity index (χ3v) is 0.744. The molecule has 0 spiro atoms. The largest absolute Gasteiger partial charge is 0.330 e. The fourth-order valence-corrected chi connectivity index (χ4v) is 0.333. The molecule has 0 heterocycles. The van der Waals surface area contributed by atoms with Gasteiger partial charge in [0, 0.05) is 0 Å². The van der Waals surface area contributed by atoms with Crippen LogP contribution < -0.4 is 5.73 Å². The smallest absolute Gasteiger partial charge is 0.00748 e. The maximum atomic E-state index is 5.23. The van der Waals surface area contributed by atoms with E-state index in [1.54, 1.807) is 11.8 Å². The Balaban J connectivity index is 0. The quantitative estimate of drug-likeness (QED) is 0.649. The third-order valence-electron chi connectivity index (χ3n) is 0.744. The zero-order chi connectivity index (χ0) is 7.70. The van der Waals surface area contributed by atoms with Crippen molar-refractivity contribution in [2.24, 2.45) is 11.7 Å². The van der Waals surface area contributed by atoms with Gasteiger partial charge in [-0.05, 0) is 31.4 Å². The van der Waals surface area contributed by atoms with Crippen LogP contribution in [-0.4, -0.2) is 19.1 Å². The standard InChI is InChI=1S/C5H13N.C2H6S/c1-5(2)3-4-6;1-3-2/h5H,3-4,6H2,1-2H3;1-2H3. The average Bonchev–Trinajstić information content (AvgIpc) is 1.67. The number of rotatable bonds is 2. The van der Waals surface area contributed by atoms with Gasteiger partial charge in [-0.25, -0.2) is 0 Å². The van der Waals surface area contributed by atoms with Gasteiger partial charge in [0.1, 0.15) is 0 Å². The van der Waals surface area contributed by atoms with Crippen molar-refractivity contribution in [2.45, 2.75) is 20.3 Å². The first-order valence-corrected chi connectivity index (χ1v) is 4.92. The van der Waals surface area contributed by atoms with Gasteiger partial charge in [0.15, 0.2) is 0 Å². The first-order chi connectivity index (χ1) is 4.18. The Morgan fingerprint density at radius 3 is 1.67 bits per heavy atom. The van der Waals surface area contributed by atoms with E-state index >= 15 is 0 Å². The van der Waals surface area contributed by atoms with Crippen molar-refractivity contribution in [3.05, 3.63) is 0 Å². The van der Waals surface area contributed by atoms with Crippen LogP contribution in [0.2, 0.25) is 0 Å². The van der Waals surface area contributed by atoms with Crippen molar-refractivity contribution in [2.75, 3.05) is 19.1 Å². The molecule has 2 N–H and O–H groups in total. The maximum Gasteiger partial charge on any atom is -0.00748 e. The highest BCUT2D eigenvalue weighted by Crippen LogP contribution is 1.93. The van der Waals surface area contributed by atoms with Gasteiger partial charge in [0.25, 0.3) is 0 Å². The van der Waals surface area contributed by atoms with E-state index in [1.807, 2.05) is 12.5 Å². The van der Waals surface area contributed by atoms with E-state index in [0.717, 1.165) is 18.9 Å². The van der Waals surface area contributed by atoms with E-state index in [-0.39, 0.29) is 0 Å². The molecule has 0 radical (unpaired) electrons. The van der Waals surface area contributed by atoms with Crippen LogP contribution in [0.3, 0.4) is 0 Å². The Hall–Kier alpha value is 0.310. The highest BCUT2D eigenvalue weighted by atomic mass is 32.2. The number of thioether (sulfide) groups is 1. The molecule has 0 aromatic rings. The molecule has 0 unspecified atom stereocenters. The van der Waals surface area contributed by atoms with E-state index in [4.69, 9.17) is 5.73 Å². The molecule has 2 heteroatoms.